The van der Waals surface area contributed by atoms with Crippen LogP contribution < -0.4 is 5.32 Å². The summed E-state index contributed by atoms with van der Waals surface area (Å²) in [4.78, 5) is 22.7. The Morgan fingerprint density at radius 3 is 2.76 bits per heavy atom. The minimum atomic E-state index is -0.863. The first-order chi connectivity index (χ1) is 8.16. The largest absolute Gasteiger partial charge is 0.502 e. The van der Waals surface area contributed by atoms with Crippen LogP contribution in [0, 0.1) is 11.8 Å². The zero-order chi connectivity index (χ0) is 12.7. The van der Waals surface area contributed by atoms with Crippen molar-refractivity contribution < 1.29 is 19.4 Å². The van der Waals surface area contributed by atoms with Gasteiger partial charge in [-0.1, -0.05) is 13.0 Å². The molecule has 0 aliphatic heterocycles. The number of ether oxygens (including phenoxy) is 1. The minimum absolute atomic E-state index is 0.145. The van der Waals surface area contributed by atoms with E-state index in [0.717, 1.165) is 6.42 Å². The first-order valence-electron chi connectivity index (χ1n) is 5.90. The molecule has 96 valence electrons. The highest BCUT2D eigenvalue weighted by Crippen LogP contribution is 2.31. The maximum absolute atomic E-state index is 11.8. The summed E-state index contributed by atoms with van der Waals surface area (Å²) >= 11 is 0. The van der Waals surface area contributed by atoms with E-state index < -0.39 is 11.9 Å². The van der Waals surface area contributed by atoms with Crippen LogP contribution in [-0.4, -0.2) is 30.1 Å². The van der Waals surface area contributed by atoms with Gasteiger partial charge in [-0.2, -0.15) is 0 Å². The van der Waals surface area contributed by atoms with Crippen LogP contribution >= 0.6 is 0 Å². The van der Waals surface area contributed by atoms with Gasteiger partial charge in [0.25, 0.3) is 0 Å². The normalized spacial score (nSPS) is 23.1. The molecule has 0 saturated heterocycles. The lowest BCUT2D eigenvalue weighted by molar-refractivity contribution is -0.146. The predicted molar refractivity (Wildman–Crippen MR) is 62.2 cm³/mol. The second-order valence-electron chi connectivity index (χ2n) is 4.16. The molecule has 2 N–H and O–H groups in total. The van der Waals surface area contributed by atoms with Crippen molar-refractivity contribution in [3.05, 3.63) is 12.8 Å². The molecular formula is C12H19NO4. The molecule has 1 saturated carbocycles. The van der Waals surface area contributed by atoms with E-state index in [1.807, 2.05) is 0 Å². The Bertz CT molecular complexity index is 290. The van der Waals surface area contributed by atoms with E-state index in [0.29, 0.717) is 32.4 Å². The molecule has 5 nitrogen and oxygen atoms in total. The number of carbonyl (C=O) groups is 2. The number of hydrogen-bond donors (Lipinski definition) is 2. The molecule has 5 heteroatoms. The number of carbonyl (C=O) groups excluding carboxylic acids is 1. The minimum Gasteiger partial charge on any atom is -0.502 e. The second kappa shape index (κ2) is 6.93. The van der Waals surface area contributed by atoms with Gasteiger partial charge in [0.15, 0.2) is 0 Å². The van der Waals surface area contributed by atoms with Gasteiger partial charge >= 0.3 is 5.97 Å². The van der Waals surface area contributed by atoms with Gasteiger partial charge < -0.3 is 15.2 Å². The third kappa shape index (κ3) is 4.09. The number of rotatable bonds is 7. The Balaban J connectivity index is 2.27. The molecule has 0 aromatic carbocycles. The quantitative estimate of drug-likeness (QED) is 0.518. The summed E-state index contributed by atoms with van der Waals surface area (Å²) in [5, 5.41) is 11.7. The third-order valence-corrected chi connectivity index (χ3v) is 3.03. The number of carboxylic acid groups (broad SMARTS) is 1. The Morgan fingerprint density at radius 2 is 2.12 bits per heavy atom. The number of nitrogens with one attached hydrogen (secondary N) is 1. The monoisotopic (exact) mass is 241 g/mol. The summed E-state index contributed by atoms with van der Waals surface area (Å²) in [6.07, 6.45) is 4.15. The van der Waals surface area contributed by atoms with Crippen LogP contribution in [0.2, 0.25) is 0 Å². The van der Waals surface area contributed by atoms with Gasteiger partial charge in [-0.25, -0.2) is 0 Å². The Morgan fingerprint density at radius 1 is 1.41 bits per heavy atom. The van der Waals surface area contributed by atoms with Gasteiger partial charge in [0, 0.05) is 6.54 Å². The van der Waals surface area contributed by atoms with Gasteiger partial charge in [-0.3, -0.25) is 9.59 Å². The second-order valence-corrected chi connectivity index (χ2v) is 4.16. The fourth-order valence-corrected chi connectivity index (χ4v) is 2.15. The molecule has 0 unspecified atom stereocenters. The van der Waals surface area contributed by atoms with Crippen LogP contribution in [-0.2, 0) is 14.3 Å². The van der Waals surface area contributed by atoms with Gasteiger partial charge in [0.2, 0.25) is 5.91 Å². The van der Waals surface area contributed by atoms with Crippen LogP contribution in [0.4, 0.5) is 0 Å². The highest BCUT2D eigenvalue weighted by Gasteiger charge is 2.37. The number of aliphatic carboxylic acids is 1. The van der Waals surface area contributed by atoms with Crippen molar-refractivity contribution in [2.75, 3.05) is 13.2 Å². The molecule has 0 spiro atoms. The predicted octanol–water partition coefficient (Wildman–Crippen LogP) is 1.15. The lowest BCUT2D eigenvalue weighted by Gasteiger charge is -2.15. The molecule has 1 aliphatic carbocycles. The van der Waals surface area contributed by atoms with Crippen LogP contribution in [0.25, 0.3) is 0 Å². The molecule has 1 amide bonds. The van der Waals surface area contributed by atoms with Gasteiger partial charge in [0.1, 0.15) is 0 Å². The Kier molecular flexibility index (Phi) is 5.52. The maximum atomic E-state index is 11.8. The molecular weight excluding hydrogens is 222 g/mol. The fraction of sp³-hybridized carbons (Fsp3) is 0.667. The standard InChI is InChI=1S/C12H19NO4/c1-2-17-8-4-7-13-11(14)9-5-3-6-10(9)12(15)16/h2,9-10H,1,3-8H2,(H,13,14)(H,15,16)/t9-,10+/m1/s1. The molecule has 0 radical (unpaired) electrons. The molecule has 0 bridgehead atoms. The van der Waals surface area contributed by atoms with Crippen LogP contribution in [0.3, 0.4) is 0 Å². The van der Waals surface area contributed by atoms with Crippen molar-refractivity contribution >= 4 is 11.9 Å². The van der Waals surface area contributed by atoms with E-state index in [1.165, 1.54) is 6.26 Å². The van der Waals surface area contributed by atoms with Crippen molar-refractivity contribution in [1.82, 2.24) is 5.32 Å². The first-order valence-corrected chi connectivity index (χ1v) is 5.90. The number of amides is 1. The SMILES string of the molecule is C=COCCCNC(=O)[C@@H]1CCC[C@@H]1C(=O)O. The van der Waals surface area contributed by atoms with Gasteiger partial charge in [0.05, 0.1) is 24.7 Å². The highest BCUT2D eigenvalue weighted by atomic mass is 16.5. The van der Waals surface area contributed by atoms with Crippen molar-refractivity contribution in [1.29, 1.82) is 0 Å². The molecule has 17 heavy (non-hydrogen) atoms. The molecule has 0 aromatic heterocycles. The molecule has 0 aromatic rings. The smallest absolute Gasteiger partial charge is 0.307 e. The molecule has 2 atom stereocenters. The number of carboxylic acids is 1. The van der Waals surface area contributed by atoms with Crippen molar-refractivity contribution in [2.45, 2.75) is 25.7 Å². The van der Waals surface area contributed by atoms with Crippen LogP contribution in [0.1, 0.15) is 25.7 Å². The van der Waals surface area contributed by atoms with E-state index in [1.54, 1.807) is 0 Å². The third-order valence-electron chi connectivity index (χ3n) is 3.03. The van der Waals surface area contributed by atoms with Crippen molar-refractivity contribution in [3.8, 4) is 0 Å². The average Bonchev–Trinajstić information content (AvgIpc) is 2.77. The van der Waals surface area contributed by atoms with E-state index >= 15 is 0 Å². The van der Waals surface area contributed by atoms with Gasteiger partial charge in [-0.05, 0) is 19.3 Å². The highest BCUT2D eigenvalue weighted by molar-refractivity contribution is 5.85. The van der Waals surface area contributed by atoms with Crippen LogP contribution in [0.15, 0.2) is 12.8 Å². The number of hydrogen-bond acceptors (Lipinski definition) is 3. The van der Waals surface area contributed by atoms with E-state index in [-0.39, 0.29) is 11.8 Å². The fourth-order valence-electron chi connectivity index (χ4n) is 2.15. The molecule has 1 rings (SSSR count). The van der Waals surface area contributed by atoms with Gasteiger partial charge in [-0.15, -0.1) is 0 Å². The molecule has 1 fully saturated rings. The lowest BCUT2D eigenvalue weighted by atomic mass is 9.95. The Labute approximate surface area is 101 Å². The molecule has 1 aliphatic rings. The maximum Gasteiger partial charge on any atom is 0.307 e. The van der Waals surface area contributed by atoms with Crippen LogP contribution in [0.5, 0.6) is 0 Å². The van der Waals surface area contributed by atoms with E-state index in [4.69, 9.17) is 9.84 Å². The zero-order valence-corrected chi connectivity index (χ0v) is 9.85. The molecule has 0 heterocycles. The topological polar surface area (TPSA) is 75.6 Å². The summed E-state index contributed by atoms with van der Waals surface area (Å²) in [5.41, 5.74) is 0. The summed E-state index contributed by atoms with van der Waals surface area (Å²) in [5.74, 6) is -1.89. The first kappa shape index (κ1) is 13.5. The Hall–Kier alpha value is -1.52. The summed E-state index contributed by atoms with van der Waals surface area (Å²) < 4.78 is 4.92. The average molecular weight is 241 g/mol. The zero-order valence-electron chi connectivity index (χ0n) is 9.85. The van der Waals surface area contributed by atoms with E-state index in [9.17, 15) is 9.59 Å². The lowest BCUT2D eigenvalue weighted by Crippen LogP contribution is -2.36. The summed E-state index contributed by atoms with van der Waals surface area (Å²) in [6.45, 7) is 4.43. The van der Waals surface area contributed by atoms with E-state index in [2.05, 4.69) is 11.9 Å². The van der Waals surface area contributed by atoms with Crippen molar-refractivity contribution in [3.63, 3.8) is 0 Å². The van der Waals surface area contributed by atoms with Crippen molar-refractivity contribution in [2.24, 2.45) is 11.8 Å². The summed E-state index contributed by atoms with van der Waals surface area (Å²) in [7, 11) is 0. The summed E-state index contributed by atoms with van der Waals surface area (Å²) in [6, 6.07) is 0.